The molecule has 0 unspecified atom stereocenters. The summed E-state index contributed by atoms with van der Waals surface area (Å²) in [6, 6.07) is 7.32. The number of ether oxygens (including phenoxy) is 2. The molecular weight excluding hydrogens is 356 g/mol. The van der Waals surface area contributed by atoms with Crippen molar-refractivity contribution in [2.45, 2.75) is 19.5 Å². The molecule has 1 aliphatic heterocycles. The molecule has 26 heavy (non-hydrogen) atoms. The maximum Gasteiger partial charge on any atom is 0.161 e. The zero-order valence-corrected chi connectivity index (χ0v) is 15.5. The van der Waals surface area contributed by atoms with Gasteiger partial charge in [-0.1, -0.05) is 16.8 Å². The predicted molar refractivity (Wildman–Crippen MR) is 99.9 cm³/mol. The molecule has 0 spiro atoms. The summed E-state index contributed by atoms with van der Waals surface area (Å²) in [5.41, 5.74) is 3.49. The van der Waals surface area contributed by atoms with Crippen LogP contribution in [-0.2, 0) is 19.5 Å². The van der Waals surface area contributed by atoms with Crippen molar-refractivity contribution in [1.29, 1.82) is 0 Å². The summed E-state index contributed by atoms with van der Waals surface area (Å²) in [4.78, 5) is 2.22. The third kappa shape index (κ3) is 3.71. The monoisotopic (exact) mass is 376 g/mol. The standard InChI is InChI=1S/C19H21ClN2O4/c1-25-17-7-12-3-4-22(10-14(12)8-18(17)26-2)11-15-6-16(20)5-13(9-21-24)19(15)23/h5-9,23-24H,3-4,10-11H2,1-2H3/b21-9+. The molecule has 0 amide bonds. The van der Waals surface area contributed by atoms with Crippen molar-refractivity contribution in [3.63, 3.8) is 0 Å². The minimum Gasteiger partial charge on any atom is -0.507 e. The Balaban J connectivity index is 1.84. The summed E-state index contributed by atoms with van der Waals surface area (Å²) < 4.78 is 10.8. The summed E-state index contributed by atoms with van der Waals surface area (Å²) in [6.07, 6.45) is 2.05. The van der Waals surface area contributed by atoms with Crippen LogP contribution in [0.1, 0.15) is 22.3 Å². The van der Waals surface area contributed by atoms with Crippen LogP contribution in [0.5, 0.6) is 17.2 Å². The summed E-state index contributed by atoms with van der Waals surface area (Å²) in [6.45, 7) is 2.11. The van der Waals surface area contributed by atoms with Gasteiger partial charge in [0.2, 0.25) is 0 Å². The average molecular weight is 377 g/mol. The highest BCUT2D eigenvalue weighted by molar-refractivity contribution is 6.31. The molecule has 3 rings (SSSR count). The second-order valence-electron chi connectivity index (χ2n) is 6.18. The van der Waals surface area contributed by atoms with Gasteiger partial charge in [-0.15, -0.1) is 0 Å². The van der Waals surface area contributed by atoms with Gasteiger partial charge in [-0.05, 0) is 41.8 Å². The number of rotatable bonds is 5. The predicted octanol–water partition coefficient (Wildman–Crippen LogP) is 3.43. The van der Waals surface area contributed by atoms with E-state index in [9.17, 15) is 5.11 Å². The Morgan fingerprint density at radius 3 is 2.50 bits per heavy atom. The molecular formula is C19H21ClN2O4. The van der Waals surface area contributed by atoms with Gasteiger partial charge in [0.15, 0.2) is 11.5 Å². The van der Waals surface area contributed by atoms with Crippen LogP contribution in [0.3, 0.4) is 0 Å². The third-order valence-electron chi connectivity index (χ3n) is 4.57. The number of phenolic OH excluding ortho intramolecular Hbond substituents is 1. The summed E-state index contributed by atoms with van der Waals surface area (Å²) >= 11 is 6.13. The fourth-order valence-corrected chi connectivity index (χ4v) is 3.53. The van der Waals surface area contributed by atoms with Gasteiger partial charge in [0.05, 0.1) is 20.4 Å². The number of oxime groups is 1. The smallest absolute Gasteiger partial charge is 0.161 e. The van der Waals surface area contributed by atoms with Crippen molar-refractivity contribution >= 4 is 17.8 Å². The number of hydrogen-bond acceptors (Lipinski definition) is 6. The molecule has 2 aromatic carbocycles. The average Bonchev–Trinajstić information content (AvgIpc) is 2.64. The molecule has 7 heteroatoms. The number of halogens is 1. The quantitative estimate of drug-likeness (QED) is 0.475. The van der Waals surface area contributed by atoms with E-state index < -0.39 is 0 Å². The van der Waals surface area contributed by atoms with E-state index >= 15 is 0 Å². The van der Waals surface area contributed by atoms with Crippen LogP contribution >= 0.6 is 11.6 Å². The number of phenols is 1. The Bertz CT molecular complexity index is 839. The first-order chi connectivity index (χ1) is 12.5. The van der Waals surface area contributed by atoms with Crippen molar-refractivity contribution in [3.05, 3.63) is 51.5 Å². The molecule has 0 bridgehead atoms. The van der Waals surface area contributed by atoms with Crippen molar-refractivity contribution in [2.75, 3.05) is 20.8 Å². The maximum atomic E-state index is 10.4. The molecule has 0 radical (unpaired) electrons. The lowest BCUT2D eigenvalue weighted by Crippen LogP contribution is -2.30. The number of methoxy groups -OCH3 is 2. The topological polar surface area (TPSA) is 74.5 Å². The van der Waals surface area contributed by atoms with Gasteiger partial charge in [-0.25, -0.2) is 0 Å². The SMILES string of the molecule is COc1cc2c(cc1OC)CN(Cc1cc(Cl)cc(/C=N/O)c1O)CC2. The lowest BCUT2D eigenvalue weighted by Gasteiger charge is -2.30. The summed E-state index contributed by atoms with van der Waals surface area (Å²) in [5.74, 6) is 1.52. The third-order valence-corrected chi connectivity index (χ3v) is 4.79. The molecule has 1 heterocycles. The van der Waals surface area contributed by atoms with Gasteiger partial charge >= 0.3 is 0 Å². The number of aromatic hydroxyl groups is 1. The highest BCUT2D eigenvalue weighted by Gasteiger charge is 2.21. The highest BCUT2D eigenvalue weighted by atomic mass is 35.5. The van der Waals surface area contributed by atoms with Gasteiger partial charge in [0.25, 0.3) is 0 Å². The molecule has 2 aromatic rings. The van der Waals surface area contributed by atoms with E-state index in [1.807, 2.05) is 12.1 Å². The van der Waals surface area contributed by atoms with Crippen LogP contribution in [0, 0.1) is 0 Å². The first-order valence-corrected chi connectivity index (χ1v) is 8.58. The first-order valence-electron chi connectivity index (χ1n) is 8.20. The van der Waals surface area contributed by atoms with Gasteiger partial charge in [0, 0.05) is 35.8 Å². The number of hydrogen-bond donors (Lipinski definition) is 2. The molecule has 0 saturated carbocycles. The summed E-state index contributed by atoms with van der Waals surface area (Å²) in [7, 11) is 3.26. The van der Waals surface area contributed by atoms with Crippen molar-refractivity contribution in [1.82, 2.24) is 4.90 Å². The molecule has 0 fully saturated rings. The zero-order chi connectivity index (χ0) is 18.7. The van der Waals surface area contributed by atoms with E-state index in [4.69, 9.17) is 26.3 Å². The van der Waals surface area contributed by atoms with Crippen molar-refractivity contribution < 1.29 is 19.8 Å². The molecule has 138 valence electrons. The van der Waals surface area contributed by atoms with Crippen LogP contribution in [0.4, 0.5) is 0 Å². The van der Waals surface area contributed by atoms with Gasteiger partial charge in [0.1, 0.15) is 5.75 Å². The molecule has 0 aromatic heterocycles. The van der Waals surface area contributed by atoms with Crippen LogP contribution in [-0.4, -0.2) is 42.2 Å². The van der Waals surface area contributed by atoms with E-state index in [1.54, 1.807) is 26.4 Å². The normalized spacial score (nSPS) is 14.4. The molecule has 0 atom stereocenters. The van der Waals surface area contributed by atoms with Gasteiger partial charge in [-0.2, -0.15) is 0 Å². The van der Waals surface area contributed by atoms with Crippen LogP contribution in [0.25, 0.3) is 0 Å². The Kier molecular flexibility index (Phi) is 5.54. The van der Waals surface area contributed by atoms with Gasteiger partial charge in [-0.3, -0.25) is 4.90 Å². The van der Waals surface area contributed by atoms with Crippen LogP contribution < -0.4 is 9.47 Å². The molecule has 0 aliphatic carbocycles. The fraction of sp³-hybridized carbons (Fsp3) is 0.316. The molecule has 6 nitrogen and oxygen atoms in total. The van der Waals surface area contributed by atoms with Gasteiger partial charge < -0.3 is 19.8 Å². The lowest BCUT2D eigenvalue weighted by atomic mass is 9.98. The Labute approximate surface area is 157 Å². The first kappa shape index (κ1) is 18.4. The summed E-state index contributed by atoms with van der Waals surface area (Å²) in [5, 5.41) is 22.6. The van der Waals surface area contributed by atoms with Crippen LogP contribution in [0.15, 0.2) is 29.4 Å². The highest BCUT2D eigenvalue weighted by Crippen LogP contribution is 2.34. The van der Waals surface area contributed by atoms with Crippen LogP contribution in [0.2, 0.25) is 5.02 Å². The molecule has 0 saturated heterocycles. The second-order valence-corrected chi connectivity index (χ2v) is 6.62. The second kappa shape index (κ2) is 7.85. The number of nitrogens with zero attached hydrogens (tertiary/aromatic N) is 2. The Morgan fingerprint density at radius 1 is 1.15 bits per heavy atom. The van der Waals surface area contributed by atoms with Crippen molar-refractivity contribution in [3.8, 4) is 17.2 Å². The van der Waals surface area contributed by atoms with E-state index in [2.05, 4.69) is 10.1 Å². The van der Waals surface area contributed by atoms with E-state index in [0.29, 0.717) is 28.4 Å². The molecule has 2 N–H and O–H groups in total. The van der Waals surface area contributed by atoms with E-state index in [-0.39, 0.29) is 5.75 Å². The lowest BCUT2D eigenvalue weighted by molar-refractivity contribution is 0.241. The minimum atomic E-state index is 0.0744. The van der Waals surface area contributed by atoms with Crippen molar-refractivity contribution in [2.24, 2.45) is 5.16 Å². The minimum absolute atomic E-state index is 0.0744. The Morgan fingerprint density at radius 2 is 1.85 bits per heavy atom. The van der Waals surface area contributed by atoms with E-state index in [0.717, 1.165) is 25.3 Å². The zero-order valence-electron chi connectivity index (χ0n) is 14.7. The molecule has 1 aliphatic rings. The Hall–Kier alpha value is -2.44. The maximum absolute atomic E-state index is 10.4. The fourth-order valence-electron chi connectivity index (χ4n) is 3.28. The number of benzene rings is 2. The van der Waals surface area contributed by atoms with E-state index in [1.165, 1.54) is 17.3 Å². The largest absolute Gasteiger partial charge is 0.507 e. The number of fused-ring (bicyclic) bond motifs is 1.